The van der Waals surface area contributed by atoms with Crippen LogP contribution in [-0.4, -0.2) is 59.6 Å². The number of rotatable bonds is 2. The average Bonchev–Trinajstić information content (AvgIpc) is 2.30. The predicted octanol–water partition coefficient (Wildman–Crippen LogP) is 0.0639. The second kappa shape index (κ2) is 4.94. The number of nitrogens with zero attached hydrogens (tertiary/aromatic N) is 2. The number of amides is 1. The van der Waals surface area contributed by atoms with Gasteiger partial charge in [0.15, 0.2) is 0 Å². The number of aliphatic hydroxyl groups is 1. The van der Waals surface area contributed by atoms with E-state index in [0.29, 0.717) is 6.04 Å². The Labute approximate surface area is 90.9 Å². The lowest BCUT2D eigenvalue weighted by Crippen LogP contribution is -2.50. The molecule has 15 heavy (non-hydrogen) atoms. The van der Waals surface area contributed by atoms with Crippen molar-refractivity contribution in [1.29, 1.82) is 0 Å². The van der Waals surface area contributed by atoms with Crippen LogP contribution in [0.2, 0.25) is 0 Å². The van der Waals surface area contributed by atoms with Gasteiger partial charge in [0.1, 0.15) is 0 Å². The van der Waals surface area contributed by atoms with Crippen LogP contribution in [0.25, 0.3) is 0 Å². The molecular formula is C11H20N2O2. The summed E-state index contributed by atoms with van der Waals surface area (Å²) in [5, 5.41) is 9.43. The largest absolute Gasteiger partial charge is 0.393 e. The molecule has 0 unspecified atom stereocenters. The van der Waals surface area contributed by atoms with Gasteiger partial charge in [-0.2, -0.15) is 0 Å². The van der Waals surface area contributed by atoms with Gasteiger partial charge in [-0.3, -0.25) is 9.69 Å². The molecule has 0 aromatic rings. The Balaban J connectivity index is 1.78. The van der Waals surface area contributed by atoms with Gasteiger partial charge in [0.25, 0.3) is 0 Å². The Morgan fingerprint density at radius 2 is 1.60 bits per heavy atom. The van der Waals surface area contributed by atoms with Crippen molar-refractivity contribution in [1.82, 2.24) is 9.80 Å². The molecule has 4 nitrogen and oxygen atoms in total. The van der Waals surface area contributed by atoms with E-state index in [1.165, 1.54) is 0 Å². The topological polar surface area (TPSA) is 43.8 Å². The maximum absolute atomic E-state index is 10.6. The van der Waals surface area contributed by atoms with E-state index in [1.54, 1.807) is 0 Å². The molecule has 0 bridgehead atoms. The van der Waals surface area contributed by atoms with Crippen LogP contribution in [-0.2, 0) is 4.79 Å². The number of carbonyl (C=O) groups is 1. The number of hydrogen-bond acceptors (Lipinski definition) is 3. The first-order valence-corrected chi connectivity index (χ1v) is 5.91. The van der Waals surface area contributed by atoms with E-state index >= 15 is 0 Å². The lowest BCUT2D eigenvalue weighted by molar-refractivity contribution is -0.120. The molecule has 4 heteroatoms. The van der Waals surface area contributed by atoms with E-state index in [9.17, 15) is 9.90 Å². The predicted molar refractivity (Wildman–Crippen MR) is 57.5 cm³/mol. The summed E-state index contributed by atoms with van der Waals surface area (Å²) in [6, 6.07) is 0.641. The highest BCUT2D eigenvalue weighted by atomic mass is 16.3. The summed E-state index contributed by atoms with van der Waals surface area (Å²) < 4.78 is 0. The van der Waals surface area contributed by atoms with Gasteiger partial charge in [0, 0.05) is 32.2 Å². The highest BCUT2D eigenvalue weighted by Gasteiger charge is 2.26. The molecule has 86 valence electrons. The normalized spacial score (nSPS) is 34.1. The van der Waals surface area contributed by atoms with E-state index in [2.05, 4.69) is 4.90 Å². The Morgan fingerprint density at radius 3 is 2.13 bits per heavy atom. The molecule has 0 spiro atoms. The third-order valence-electron chi connectivity index (χ3n) is 3.68. The standard InChI is InChI=1S/C11H20N2O2/c14-9-12-5-7-13(8-6-12)10-1-3-11(15)4-2-10/h9-11,15H,1-8H2. The number of hydrogen-bond donors (Lipinski definition) is 1. The maximum atomic E-state index is 10.6. The van der Waals surface area contributed by atoms with Gasteiger partial charge in [-0.25, -0.2) is 0 Å². The van der Waals surface area contributed by atoms with Gasteiger partial charge in [-0.1, -0.05) is 0 Å². The zero-order valence-corrected chi connectivity index (χ0v) is 9.14. The summed E-state index contributed by atoms with van der Waals surface area (Å²) in [6.45, 7) is 3.73. The van der Waals surface area contributed by atoms with Crippen LogP contribution < -0.4 is 0 Å². The molecule has 2 rings (SSSR count). The van der Waals surface area contributed by atoms with Crippen LogP contribution in [0.4, 0.5) is 0 Å². The van der Waals surface area contributed by atoms with Crippen LogP contribution in [0.15, 0.2) is 0 Å². The van der Waals surface area contributed by atoms with Crippen LogP contribution in [0.1, 0.15) is 25.7 Å². The number of carbonyl (C=O) groups excluding carboxylic acids is 1. The fourth-order valence-electron chi connectivity index (χ4n) is 2.63. The molecule has 1 aliphatic carbocycles. The van der Waals surface area contributed by atoms with E-state index < -0.39 is 0 Å². The van der Waals surface area contributed by atoms with Crippen LogP contribution in [0.5, 0.6) is 0 Å². The third-order valence-corrected chi connectivity index (χ3v) is 3.68. The molecule has 1 saturated heterocycles. The molecule has 1 saturated carbocycles. The smallest absolute Gasteiger partial charge is 0.209 e. The van der Waals surface area contributed by atoms with Gasteiger partial charge < -0.3 is 10.0 Å². The lowest BCUT2D eigenvalue weighted by atomic mass is 9.91. The highest BCUT2D eigenvalue weighted by Crippen LogP contribution is 2.23. The van der Waals surface area contributed by atoms with Crippen molar-refractivity contribution in [2.75, 3.05) is 26.2 Å². The molecule has 2 aliphatic rings. The molecule has 0 aromatic heterocycles. The first kappa shape index (κ1) is 10.9. The zero-order valence-electron chi connectivity index (χ0n) is 9.14. The summed E-state index contributed by atoms with van der Waals surface area (Å²) in [5.74, 6) is 0. The Kier molecular flexibility index (Phi) is 3.59. The van der Waals surface area contributed by atoms with E-state index in [0.717, 1.165) is 58.3 Å². The fourth-order valence-corrected chi connectivity index (χ4v) is 2.63. The Morgan fingerprint density at radius 1 is 1.00 bits per heavy atom. The Bertz CT molecular complexity index is 207. The first-order valence-electron chi connectivity index (χ1n) is 5.91. The van der Waals surface area contributed by atoms with Crippen LogP contribution in [0, 0.1) is 0 Å². The molecule has 2 fully saturated rings. The average molecular weight is 212 g/mol. The second-order valence-electron chi connectivity index (χ2n) is 4.64. The van der Waals surface area contributed by atoms with Crippen LogP contribution in [0.3, 0.4) is 0 Å². The monoisotopic (exact) mass is 212 g/mol. The minimum Gasteiger partial charge on any atom is -0.393 e. The summed E-state index contributed by atoms with van der Waals surface area (Å²) in [4.78, 5) is 14.9. The second-order valence-corrected chi connectivity index (χ2v) is 4.64. The van der Waals surface area contributed by atoms with Crippen molar-refractivity contribution in [3.63, 3.8) is 0 Å². The number of piperazine rings is 1. The van der Waals surface area contributed by atoms with Gasteiger partial charge in [-0.05, 0) is 25.7 Å². The fraction of sp³-hybridized carbons (Fsp3) is 0.909. The van der Waals surface area contributed by atoms with E-state index in [4.69, 9.17) is 0 Å². The minimum atomic E-state index is -0.0717. The van der Waals surface area contributed by atoms with Crippen molar-refractivity contribution in [2.45, 2.75) is 37.8 Å². The van der Waals surface area contributed by atoms with Crippen molar-refractivity contribution >= 4 is 6.41 Å². The summed E-state index contributed by atoms with van der Waals surface area (Å²) in [5.41, 5.74) is 0. The van der Waals surface area contributed by atoms with Crippen molar-refractivity contribution < 1.29 is 9.90 Å². The van der Waals surface area contributed by atoms with Crippen molar-refractivity contribution in [2.24, 2.45) is 0 Å². The molecule has 0 radical (unpaired) electrons. The van der Waals surface area contributed by atoms with Gasteiger partial charge in [-0.15, -0.1) is 0 Å². The summed E-state index contributed by atoms with van der Waals surface area (Å²) >= 11 is 0. The van der Waals surface area contributed by atoms with Gasteiger partial charge >= 0.3 is 0 Å². The summed E-state index contributed by atoms with van der Waals surface area (Å²) in [6.07, 6.45) is 4.99. The molecular weight excluding hydrogens is 192 g/mol. The highest BCUT2D eigenvalue weighted by molar-refractivity contribution is 5.47. The summed E-state index contributed by atoms with van der Waals surface area (Å²) in [7, 11) is 0. The lowest BCUT2D eigenvalue weighted by Gasteiger charge is -2.40. The molecule has 0 aromatic carbocycles. The van der Waals surface area contributed by atoms with E-state index in [1.807, 2.05) is 4.90 Å². The van der Waals surface area contributed by atoms with Crippen molar-refractivity contribution in [3.05, 3.63) is 0 Å². The third kappa shape index (κ3) is 2.69. The first-order chi connectivity index (χ1) is 7.29. The van der Waals surface area contributed by atoms with Crippen LogP contribution >= 0.6 is 0 Å². The van der Waals surface area contributed by atoms with Crippen molar-refractivity contribution in [3.8, 4) is 0 Å². The minimum absolute atomic E-state index is 0.0717. The SMILES string of the molecule is O=CN1CCN(C2CCC(O)CC2)CC1. The molecule has 1 aliphatic heterocycles. The molecule has 1 heterocycles. The number of aliphatic hydroxyl groups excluding tert-OH is 1. The molecule has 1 N–H and O–H groups in total. The van der Waals surface area contributed by atoms with Gasteiger partial charge in [0.2, 0.25) is 6.41 Å². The quantitative estimate of drug-likeness (QED) is 0.658. The molecule has 0 atom stereocenters. The molecule has 1 amide bonds. The maximum Gasteiger partial charge on any atom is 0.209 e. The van der Waals surface area contributed by atoms with Gasteiger partial charge in [0.05, 0.1) is 6.10 Å². The zero-order chi connectivity index (χ0) is 10.7. The Hall–Kier alpha value is -0.610. The van der Waals surface area contributed by atoms with E-state index in [-0.39, 0.29) is 6.10 Å².